The molecule has 0 aliphatic rings. The molecule has 0 aromatic carbocycles. The fourth-order valence-electron chi connectivity index (χ4n) is 2.23. The van der Waals surface area contributed by atoms with E-state index in [0.29, 0.717) is 24.9 Å². The number of rotatable bonds is 6. The molecule has 0 unspecified atom stereocenters. The number of oxazole rings is 1. The molecule has 2 aromatic heterocycles. The van der Waals surface area contributed by atoms with Crippen molar-refractivity contribution in [1.29, 1.82) is 0 Å². The van der Waals surface area contributed by atoms with E-state index in [2.05, 4.69) is 25.9 Å². The number of hydrogen-bond donors (Lipinski definition) is 3. The predicted molar refractivity (Wildman–Crippen MR) is 111 cm³/mol. The van der Waals surface area contributed by atoms with Gasteiger partial charge in [0, 0.05) is 13.6 Å². The average molecular weight is 408 g/mol. The van der Waals surface area contributed by atoms with Crippen LogP contribution in [0.1, 0.15) is 40.3 Å². The highest BCUT2D eigenvalue weighted by molar-refractivity contribution is 7.13. The average Bonchev–Trinajstić information content (AvgIpc) is 3.23. The van der Waals surface area contributed by atoms with Crippen molar-refractivity contribution in [1.82, 2.24) is 20.9 Å². The summed E-state index contributed by atoms with van der Waals surface area (Å²) in [5, 5.41) is 11.2. The monoisotopic (exact) mass is 407 g/mol. The molecule has 0 fully saturated rings. The molecule has 2 aromatic rings. The van der Waals surface area contributed by atoms with Gasteiger partial charge in [-0.1, -0.05) is 6.07 Å². The van der Waals surface area contributed by atoms with Crippen molar-refractivity contribution in [3.63, 3.8) is 0 Å². The highest BCUT2D eigenvalue weighted by Crippen LogP contribution is 2.23. The van der Waals surface area contributed by atoms with Crippen LogP contribution in [0.3, 0.4) is 0 Å². The summed E-state index contributed by atoms with van der Waals surface area (Å²) in [6.45, 7) is 10.2. The van der Waals surface area contributed by atoms with E-state index in [1.807, 2.05) is 52.1 Å². The van der Waals surface area contributed by atoms with Gasteiger partial charge in [0.05, 0.1) is 22.7 Å². The van der Waals surface area contributed by atoms with Gasteiger partial charge in [0.2, 0.25) is 5.89 Å². The Labute approximate surface area is 169 Å². The summed E-state index contributed by atoms with van der Waals surface area (Å²) in [6, 6.07) is 3.93. The minimum absolute atomic E-state index is 0.453. The first-order valence-corrected chi connectivity index (χ1v) is 9.90. The van der Waals surface area contributed by atoms with Gasteiger partial charge in [-0.25, -0.2) is 9.78 Å². The van der Waals surface area contributed by atoms with Crippen molar-refractivity contribution in [3.8, 4) is 10.8 Å². The Bertz CT molecular complexity index is 791. The van der Waals surface area contributed by atoms with Crippen LogP contribution < -0.4 is 16.0 Å². The summed E-state index contributed by atoms with van der Waals surface area (Å²) in [5.41, 5.74) is -0.289. The first-order valence-electron chi connectivity index (χ1n) is 9.02. The Morgan fingerprint density at radius 2 is 2.04 bits per heavy atom. The molecule has 0 saturated heterocycles. The van der Waals surface area contributed by atoms with Gasteiger partial charge >= 0.3 is 6.09 Å². The van der Waals surface area contributed by atoms with Crippen LogP contribution in [0.4, 0.5) is 4.79 Å². The quantitative estimate of drug-likeness (QED) is 0.501. The molecule has 8 nitrogen and oxygen atoms in total. The standard InChI is InChI=1S/C19H29N5O3S/c1-18(2,3)27-17(25)24-19(4,5)12-22-16(20-6)21-10-13-11-26-15(23-13)14-8-7-9-28-14/h7-9,11H,10,12H2,1-6H3,(H,24,25)(H2,20,21,22). The molecule has 9 heteroatoms. The van der Waals surface area contributed by atoms with Gasteiger partial charge in [-0.05, 0) is 46.1 Å². The Kier molecular flexibility index (Phi) is 7.06. The number of aromatic nitrogens is 1. The molecule has 0 bridgehead atoms. The molecular formula is C19H29N5O3S. The molecule has 154 valence electrons. The van der Waals surface area contributed by atoms with E-state index in [1.165, 1.54) is 0 Å². The van der Waals surface area contributed by atoms with Gasteiger partial charge in [0.15, 0.2) is 5.96 Å². The fourth-order valence-corrected chi connectivity index (χ4v) is 2.88. The Morgan fingerprint density at radius 1 is 1.29 bits per heavy atom. The van der Waals surface area contributed by atoms with Crippen molar-refractivity contribution < 1.29 is 13.9 Å². The summed E-state index contributed by atoms with van der Waals surface area (Å²) >= 11 is 1.58. The van der Waals surface area contributed by atoms with Crippen LogP contribution in [0.5, 0.6) is 0 Å². The highest BCUT2D eigenvalue weighted by atomic mass is 32.1. The third-order valence-electron chi connectivity index (χ3n) is 3.48. The number of aliphatic imine (C=N–C) groups is 1. The van der Waals surface area contributed by atoms with Crippen molar-refractivity contribution in [2.45, 2.75) is 52.3 Å². The van der Waals surface area contributed by atoms with Crippen LogP contribution in [0, 0.1) is 0 Å². The first kappa shape index (κ1) is 21.7. The van der Waals surface area contributed by atoms with Gasteiger partial charge in [0.1, 0.15) is 11.9 Å². The number of amides is 1. The maximum Gasteiger partial charge on any atom is 0.408 e. The second-order valence-corrected chi connectivity index (χ2v) is 8.86. The number of ether oxygens (including phenoxy) is 1. The molecule has 0 aliphatic heterocycles. The molecule has 0 saturated carbocycles. The van der Waals surface area contributed by atoms with Gasteiger partial charge in [0.25, 0.3) is 0 Å². The molecule has 1 amide bonds. The normalized spacial score (nSPS) is 12.6. The van der Waals surface area contributed by atoms with Crippen LogP contribution in [-0.4, -0.2) is 41.8 Å². The summed E-state index contributed by atoms with van der Waals surface area (Å²) in [5.74, 6) is 1.21. The number of guanidine groups is 1. The SMILES string of the molecule is CN=C(NCc1coc(-c2cccs2)n1)NCC(C)(C)NC(=O)OC(C)(C)C. The lowest BCUT2D eigenvalue weighted by Crippen LogP contribution is -2.54. The zero-order chi connectivity index (χ0) is 20.8. The lowest BCUT2D eigenvalue weighted by molar-refractivity contribution is 0.0474. The van der Waals surface area contributed by atoms with Crippen LogP contribution in [0.25, 0.3) is 10.8 Å². The zero-order valence-electron chi connectivity index (χ0n) is 17.3. The van der Waals surface area contributed by atoms with Crippen LogP contribution >= 0.6 is 11.3 Å². The molecule has 28 heavy (non-hydrogen) atoms. The fraction of sp³-hybridized carbons (Fsp3) is 0.526. The molecule has 2 heterocycles. The lowest BCUT2D eigenvalue weighted by atomic mass is 10.1. The number of thiophene rings is 1. The van der Waals surface area contributed by atoms with Crippen molar-refractivity contribution in [2.24, 2.45) is 4.99 Å². The Morgan fingerprint density at radius 3 is 2.64 bits per heavy atom. The van der Waals surface area contributed by atoms with Gasteiger partial charge < -0.3 is 25.1 Å². The van der Waals surface area contributed by atoms with E-state index in [1.54, 1.807) is 24.6 Å². The summed E-state index contributed by atoms with van der Waals surface area (Å²) in [6.07, 6.45) is 1.18. The predicted octanol–water partition coefficient (Wildman–Crippen LogP) is 3.37. The maximum atomic E-state index is 12.0. The highest BCUT2D eigenvalue weighted by Gasteiger charge is 2.24. The van der Waals surface area contributed by atoms with Crippen LogP contribution in [-0.2, 0) is 11.3 Å². The first-order chi connectivity index (χ1) is 13.1. The van der Waals surface area contributed by atoms with Crippen LogP contribution in [0.2, 0.25) is 0 Å². The third-order valence-corrected chi connectivity index (χ3v) is 4.34. The zero-order valence-corrected chi connectivity index (χ0v) is 18.1. The van der Waals surface area contributed by atoms with E-state index in [0.717, 1.165) is 10.6 Å². The van der Waals surface area contributed by atoms with Crippen molar-refractivity contribution in [3.05, 3.63) is 29.5 Å². The molecule has 0 radical (unpaired) electrons. The number of carbonyl (C=O) groups is 1. The Hall–Kier alpha value is -2.55. The molecular weight excluding hydrogens is 378 g/mol. The van der Waals surface area contributed by atoms with E-state index in [9.17, 15) is 4.79 Å². The largest absolute Gasteiger partial charge is 0.444 e. The summed E-state index contributed by atoms with van der Waals surface area (Å²) in [4.78, 5) is 21.6. The maximum absolute atomic E-state index is 12.0. The van der Waals surface area contributed by atoms with Gasteiger partial charge in [-0.15, -0.1) is 11.3 Å². The molecule has 0 spiro atoms. The van der Waals surface area contributed by atoms with E-state index in [-0.39, 0.29) is 0 Å². The minimum atomic E-state index is -0.537. The molecule has 2 rings (SSSR count). The van der Waals surface area contributed by atoms with Crippen LogP contribution in [0.15, 0.2) is 33.2 Å². The summed E-state index contributed by atoms with van der Waals surface area (Å²) in [7, 11) is 1.68. The topological polar surface area (TPSA) is 101 Å². The number of nitrogens with one attached hydrogen (secondary N) is 3. The third kappa shape index (κ3) is 7.22. The summed E-state index contributed by atoms with van der Waals surface area (Å²) < 4.78 is 10.8. The number of hydrogen-bond acceptors (Lipinski definition) is 6. The number of alkyl carbamates (subject to hydrolysis) is 1. The van der Waals surface area contributed by atoms with E-state index >= 15 is 0 Å². The molecule has 0 aliphatic carbocycles. The smallest absolute Gasteiger partial charge is 0.408 e. The molecule has 0 atom stereocenters. The minimum Gasteiger partial charge on any atom is -0.444 e. The number of nitrogens with zero attached hydrogens (tertiary/aromatic N) is 2. The second-order valence-electron chi connectivity index (χ2n) is 7.91. The second kappa shape index (κ2) is 9.09. The van der Waals surface area contributed by atoms with Crippen molar-refractivity contribution >= 4 is 23.4 Å². The Balaban J connectivity index is 1.81. The van der Waals surface area contributed by atoms with Gasteiger partial charge in [-0.3, -0.25) is 4.99 Å². The number of carbonyl (C=O) groups excluding carboxylic acids is 1. The van der Waals surface area contributed by atoms with Crippen molar-refractivity contribution in [2.75, 3.05) is 13.6 Å². The lowest BCUT2D eigenvalue weighted by Gasteiger charge is -2.29. The van der Waals surface area contributed by atoms with Gasteiger partial charge in [-0.2, -0.15) is 0 Å². The van der Waals surface area contributed by atoms with E-state index < -0.39 is 17.2 Å². The van der Waals surface area contributed by atoms with E-state index in [4.69, 9.17) is 9.15 Å². The molecule has 3 N–H and O–H groups in total.